The number of halogens is 3. The maximum absolute atomic E-state index is 12.4. The standard InChI is InChI=1S/C17H27F3N6O/c1-4-21-16(22-9-15(27)24(2)12-17(18,19)20)26-6-5-13(11-26)7-14-8-23-25(3)10-14/h8,10,13H,4-7,9,11-12H2,1-3H3,(H,21,22). The normalized spacial score (nSPS) is 18.1. The Bertz CT molecular complexity index is 657. The van der Waals surface area contributed by atoms with Crippen molar-refractivity contribution in [2.45, 2.75) is 25.9 Å². The Balaban J connectivity index is 1.92. The molecule has 10 heteroatoms. The van der Waals surface area contributed by atoms with Crippen LogP contribution in [0.5, 0.6) is 0 Å². The fraction of sp³-hybridized carbons (Fsp3) is 0.706. The van der Waals surface area contributed by atoms with Crippen molar-refractivity contribution in [1.29, 1.82) is 0 Å². The number of aromatic nitrogens is 2. The molecule has 0 aromatic carbocycles. The van der Waals surface area contributed by atoms with Gasteiger partial charge in [0.2, 0.25) is 5.91 Å². The molecule has 0 saturated carbocycles. The molecule has 0 radical (unpaired) electrons. The van der Waals surface area contributed by atoms with E-state index in [1.165, 1.54) is 5.56 Å². The summed E-state index contributed by atoms with van der Waals surface area (Å²) in [5.41, 5.74) is 1.18. The van der Waals surface area contributed by atoms with Crippen LogP contribution in [0.2, 0.25) is 0 Å². The van der Waals surface area contributed by atoms with Crippen LogP contribution in [0.3, 0.4) is 0 Å². The second kappa shape index (κ2) is 9.09. The Morgan fingerprint density at radius 1 is 1.48 bits per heavy atom. The van der Waals surface area contributed by atoms with E-state index in [0.717, 1.165) is 33.0 Å². The van der Waals surface area contributed by atoms with Gasteiger partial charge >= 0.3 is 6.18 Å². The summed E-state index contributed by atoms with van der Waals surface area (Å²) in [5.74, 6) is 0.357. The van der Waals surface area contributed by atoms with E-state index in [-0.39, 0.29) is 6.54 Å². The molecule has 1 atom stereocenters. The predicted molar refractivity (Wildman–Crippen MR) is 96.3 cm³/mol. The lowest BCUT2D eigenvalue weighted by atomic mass is 10.0. The molecule has 1 N–H and O–H groups in total. The lowest BCUT2D eigenvalue weighted by molar-refractivity contribution is -0.157. The number of hydrogen-bond acceptors (Lipinski definition) is 3. The highest BCUT2D eigenvalue weighted by molar-refractivity contribution is 5.85. The topological polar surface area (TPSA) is 65.8 Å². The molecule has 152 valence electrons. The van der Waals surface area contributed by atoms with Gasteiger partial charge in [0.15, 0.2) is 5.96 Å². The molecule has 1 fully saturated rings. The summed E-state index contributed by atoms with van der Waals surface area (Å²) in [6.07, 6.45) is 1.35. The van der Waals surface area contributed by atoms with Crippen LogP contribution >= 0.6 is 0 Å². The highest BCUT2D eigenvalue weighted by Crippen LogP contribution is 2.21. The first-order valence-electron chi connectivity index (χ1n) is 8.99. The Morgan fingerprint density at radius 3 is 2.81 bits per heavy atom. The summed E-state index contributed by atoms with van der Waals surface area (Å²) in [4.78, 5) is 18.9. The van der Waals surface area contributed by atoms with E-state index in [2.05, 4.69) is 20.3 Å². The zero-order valence-electron chi connectivity index (χ0n) is 16.0. The van der Waals surface area contributed by atoms with Gasteiger partial charge in [0.1, 0.15) is 13.1 Å². The van der Waals surface area contributed by atoms with Gasteiger partial charge in [-0.05, 0) is 31.2 Å². The highest BCUT2D eigenvalue weighted by Gasteiger charge is 2.31. The van der Waals surface area contributed by atoms with Gasteiger partial charge < -0.3 is 15.1 Å². The lowest BCUT2D eigenvalue weighted by Crippen LogP contribution is -2.42. The quantitative estimate of drug-likeness (QED) is 0.589. The molecule has 1 aliphatic heterocycles. The van der Waals surface area contributed by atoms with Gasteiger partial charge in [-0.1, -0.05) is 0 Å². The molecule has 1 amide bonds. The minimum Gasteiger partial charge on any atom is -0.357 e. The summed E-state index contributed by atoms with van der Waals surface area (Å²) in [6, 6.07) is 0. The number of guanidine groups is 1. The zero-order chi connectivity index (χ0) is 20.0. The minimum atomic E-state index is -4.41. The number of alkyl halides is 3. The van der Waals surface area contributed by atoms with E-state index in [1.807, 2.05) is 26.4 Å². The van der Waals surface area contributed by atoms with Crippen molar-refractivity contribution in [3.8, 4) is 0 Å². The Labute approximate surface area is 157 Å². The molecular weight excluding hydrogens is 361 g/mol. The summed E-state index contributed by atoms with van der Waals surface area (Å²) in [5, 5.41) is 7.30. The second-order valence-electron chi connectivity index (χ2n) is 6.86. The van der Waals surface area contributed by atoms with Gasteiger partial charge in [-0.25, -0.2) is 4.99 Å². The molecule has 1 unspecified atom stereocenters. The molecule has 7 nitrogen and oxygen atoms in total. The van der Waals surface area contributed by atoms with Crippen LogP contribution in [0.15, 0.2) is 17.4 Å². The molecule has 2 heterocycles. The van der Waals surface area contributed by atoms with Gasteiger partial charge in [0.25, 0.3) is 0 Å². The van der Waals surface area contributed by atoms with Crippen LogP contribution in [0.25, 0.3) is 0 Å². The second-order valence-corrected chi connectivity index (χ2v) is 6.86. The van der Waals surface area contributed by atoms with Crippen molar-refractivity contribution >= 4 is 11.9 Å². The third-order valence-electron chi connectivity index (χ3n) is 4.41. The van der Waals surface area contributed by atoms with Gasteiger partial charge in [-0.3, -0.25) is 9.48 Å². The predicted octanol–water partition coefficient (Wildman–Crippen LogP) is 1.27. The van der Waals surface area contributed by atoms with E-state index in [4.69, 9.17) is 0 Å². The first kappa shape index (κ1) is 21.0. The van der Waals surface area contributed by atoms with E-state index in [9.17, 15) is 18.0 Å². The summed E-state index contributed by atoms with van der Waals surface area (Å²) in [7, 11) is 3.02. The van der Waals surface area contributed by atoms with Crippen LogP contribution < -0.4 is 5.32 Å². The fourth-order valence-electron chi connectivity index (χ4n) is 3.15. The number of carbonyl (C=O) groups is 1. The van der Waals surface area contributed by atoms with Crippen molar-refractivity contribution < 1.29 is 18.0 Å². The van der Waals surface area contributed by atoms with Crippen LogP contribution in [-0.4, -0.2) is 77.4 Å². The molecule has 1 aromatic rings. The SMILES string of the molecule is CCNC(=NCC(=O)N(C)CC(F)(F)F)N1CCC(Cc2cnn(C)c2)C1. The smallest absolute Gasteiger partial charge is 0.357 e. The number of likely N-dealkylation sites (tertiary alicyclic amines) is 1. The first-order valence-corrected chi connectivity index (χ1v) is 8.99. The molecule has 27 heavy (non-hydrogen) atoms. The number of aryl methyl sites for hydroxylation is 1. The third-order valence-corrected chi connectivity index (χ3v) is 4.41. The van der Waals surface area contributed by atoms with Crippen molar-refractivity contribution in [2.75, 3.05) is 39.8 Å². The highest BCUT2D eigenvalue weighted by atomic mass is 19.4. The fourth-order valence-corrected chi connectivity index (χ4v) is 3.15. The summed E-state index contributed by atoms with van der Waals surface area (Å²) >= 11 is 0. The largest absolute Gasteiger partial charge is 0.406 e. The molecule has 2 rings (SSSR count). The van der Waals surface area contributed by atoms with E-state index in [0.29, 0.717) is 23.3 Å². The number of carbonyl (C=O) groups excluding carboxylic acids is 1. The third kappa shape index (κ3) is 6.76. The molecular formula is C17H27F3N6O. The van der Waals surface area contributed by atoms with Crippen LogP contribution in [-0.2, 0) is 18.3 Å². The summed E-state index contributed by atoms with van der Waals surface area (Å²) in [6.45, 7) is 2.54. The maximum atomic E-state index is 12.4. The Morgan fingerprint density at radius 2 is 2.22 bits per heavy atom. The monoisotopic (exact) mass is 388 g/mol. The van der Waals surface area contributed by atoms with Gasteiger partial charge in [0.05, 0.1) is 6.20 Å². The number of nitrogens with zero attached hydrogens (tertiary/aromatic N) is 5. The van der Waals surface area contributed by atoms with Gasteiger partial charge in [-0.2, -0.15) is 18.3 Å². The number of nitrogens with one attached hydrogen (secondary N) is 1. The number of hydrogen-bond donors (Lipinski definition) is 1. The average Bonchev–Trinajstić information content (AvgIpc) is 3.19. The van der Waals surface area contributed by atoms with Crippen LogP contribution in [0.1, 0.15) is 18.9 Å². The zero-order valence-corrected chi connectivity index (χ0v) is 16.0. The van der Waals surface area contributed by atoms with E-state index < -0.39 is 18.6 Å². The first-order chi connectivity index (χ1) is 12.7. The number of rotatable bonds is 6. The molecule has 1 aromatic heterocycles. The summed E-state index contributed by atoms with van der Waals surface area (Å²) < 4.78 is 39.0. The number of likely N-dealkylation sites (N-methyl/N-ethyl adjacent to an activating group) is 1. The van der Waals surface area contributed by atoms with Crippen molar-refractivity contribution in [3.63, 3.8) is 0 Å². The molecule has 1 saturated heterocycles. The number of amides is 1. The lowest BCUT2D eigenvalue weighted by Gasteiger charge is -2.22. The van der Waals surface area contributed by atoms with Crippen molar-refractivity contribution in [1.82, 2.24) is 24.9 Å². The average molecular weight is 388 g/mol. The van der Waals surface area contributed by atoms with E-state index >= 15 is 0 Å². The van der Waals surface area contributed by atoms with Crippen molar-refractivity contribution in [2.24, 2.45) is 18.0 Å². The van der Waals surface area contributed by atoms with E-state index in [1.54, 1.807) is 4.68 Å². The molecule has 1 aliphatic rings. The molecule has 0 spiro atoms. The maximum Gasteiger partial charge on any atom is 0.406 e. The Hall–Kier alpha value is -2.26. The minimum absolute atomic E-state index is 0.307. The number of aliphatic imine (C=N–C) groups is 1. The van der Waals surface area contributed by atoms with Crippen LogP contribution in [0, 0.1) is 5.92 Å². The van der Waals surface area contributed by atoms with Crippen molar-refractivity contribution in [3.05, 3.63) is 18.0 Å². The Kier molecular flexibility index (Phi) is 7.09. The van der Waals surface area contributed by atoms with Gasteiger partial charge in [-0.15, -0.1) is 0 Å². The van der Waals surface area contributed by atoms with Crippen LogP contribution in [0.4, 0.5) is 13.2 Å². The molecule has 0 aliphatic carbocycles. The van der Waals surface area contributed by atoms with Gasteiger partial charge in [0, 0.05) is 39.9 Å². The molecule has 0 bridgehead atoms.